The quantitative estimate of drug-likeness (QED) is 0.0321. The van der Waals surface area contributed by atoms with E-state index in [-0.39, 0.29) is 18.5 Å². The lowest BCUT2D eigenvalue weighted by atomic mass is 10.0. The summed E-state index contributed by atoms with van der Waals surface area (Å²) >= 11 is 0. The van der Waals surface area contributed by atoms with Crippen LogP contribution >= 0.6 is 0 Å². The zero-order valence-electron chi connectivity index (χ0n) is 47.3. The fourth-order valence-corrected chi connectivity index (χ4v) is 9.87. The molecule has 6 heteroatoms. The SMILES string of the molecule is CCCCCC/C=C\CCCCCCCC(=O)OCCCCCCCCCCC/C=C\CCCCCCCCCC(=O)NC(CO)C(O)CCCCCCCCCCCCCCCCCCCCCC. The van der Waals surface area contributed by atoms with Crippen LogP contribution in [0.15, 0.2) is 24.3 Å². The Balaban J connectivity index is 3.44. The predicted molar refractivity (Wildman–Crippen MR) is 306 cm³/mol. The molecule has 0 aliphatic carbocycles. The Kier molecular flexibility index (Phi) is 58.5. The summed E-state index contributed by atoms with van der Waals surface area (Å²) < 4.78 is 5.47. The Bertz CT molecular complexity index is 1090. The van der Waals surface area contributed by atoms with Crippen molar-refractivity contribution >= 4 is 11.9 Å². The highest BCUT2D eigenvalue weighted by Gasteiger charge is 2.20. The van der Waals surface area contributed by atoms with Gasteiger partial charge in [-0.1, -0.05) is 282 Å². The van der Waals surface area contributed by atoms with Gasteiger partial charge >= 0.3 is 5.97 Å². The van der Waals surface area contributed by atoms with Crippen LogP contribution in [0.1, 0.15) is 348 Å². The van der Waals surface area contributed by atoms with E-state index in [2.05, 4.69) is 43.5 Å². The maximum atomic E-state index is 12.5. The average molecular weight is 987 g/mol. The van der Waals surface area contributed by atoms with E-state index >= 15 is 0 Å². The Morgan fingerprint density at radius 1 is 0.386 bits per heavy atom. The van der Waals surface area contributed by atoms with E-state index in [4.69, 9.17) is 4.74 Å². The number of esters is 1. The molecule has 70 heavy (non-hydrogen) atoms. The standard InChI is InChI=1S/C64H123NO5/c1-3-5-7-9-11-13-15-17-18-19-20-23-26-29-33-36-40-44-48-52-56-62(67)61(60-66)65-63(68)57-53-49-45-41-37-34-30-27-24-21-22-25-28-31-35-39-43-47-51-55-59-70-64(69)58-54-50-46-42-38-32-16-14-12-10-8-6-4-2/h14,16,21,24,61-62,66-67H,3-13,15,17-20,22-23,25-60H2,1-2H3,(H,65,68)/b16-14-,24-21-. The third-order valence-corrected chi connectivity index (χ3v) is 14.7. The molecule has 0 heterocycles. The molecule has 3 N–H and O–H groups in total. The molecule has 1 amide bonds. The van der Waals surface area contributed by atoms with E-state index in [1.54, 1.807) is 0 Å². The molecule has 0 aliphatic rings. The Hall–Kier alpha value is -1.66. The van der Waals surface area contributed by atoms with Crippen LogP contribution in [0.3, 0.4) is 0 Å². The third-order valence-electron chi connectivity index (χ3n) is 14.7. The summed E-state index contributed by atoms with van der Waals surface area (Å²) in [6.07, 6.45) is 73.3. The van der Waals surface area contributed by atoms with Crippen molar-refractivity contribution in [1.82, 2.24) is 5.32 Å². The maximum Gasteiger partial charge on any atom is 0.305 e. The van der Waals surface area contributed by atoms with Crippen molar-refractivity contribution in [3.8, 4) is 0 Å². The number of allylic oxidation sites excluding steroid dienone is 4. The van der Waals surface area contributed by atoms with Crippen molar-refractivity contribution in [3.05, 3.63) is 24.3 Å². The van der Waals surface area contributed by atoms with Crippen molar-refractivity contribution < 1.29 is 24.5 Å². The topological polar surface area (TPSA) is 95.9 Å². The molecule has 2 unspecified atom stereocenters. The van der Waals surface area contributed by atoms with Crippen LogP contribution in [-0.2, 0) is 14.3 Å². The van der Waals surface area contributed by atoms with E-state index in [0.717, 1.165) is 44.9 Å². The van der Waals surface area contributed by atoms with Crippen LogP contribution in [0.5, 0.6) is 0 Å². The molecule has 414 valence electrons. The smallest absolute Gasteiger partial charge is 0.305 e. The van der Waals surface area contributed by atoms with Gasteiger partial charge in [-0.2, -0.15) is 0 Å². The second kappa shape index (κ2) is 59.9. The lowest BCUT2D eigenvalue weighted by Gasteiger charge is -2.22. The van der Waals surface area contributed by atoms with Crippen molar-refractivity contribution in [3.63, 3.8) is 0 Å². The van der Waals surface area contributed by atoms with Gasteiger partial charge < -0.3 is 20.3 Å². The normalized spacial score (nSPS) is 12.7. The van der Waals surface area contributed by atoms with Gasteiger partial charge in [0.25, 0.3) is 0 Å². The summed E-state index contributed by atoms with van der Waals surface area (Å²) in [5.74, 6) is -0.0431. The predicted octanol–water partition coefficient (Wildman–Crippen LogP) is 19.8. The molecule has 0 fully saturated rings. The summed E-state index contributed by atoms with van der Waals surface area (Å²) in [7, 11) is 0. The first kappa shape index (κ1) is 68.3. The number of carbonyl (C=O) groups is 2. The minimum atomic E-state index is -0.671. The van der Waals surface area contributed by atoms with Crippen molar-refractivity contribution in [2.24, 2.45) is 0 Å². The van der Waals surface area contributed by atoms with Gasteiger partial charge in [0.05, 0.1) is 25.4 Å². The summed E-state index contributed by atoms with van der Waals surface area (Å²) in [5, 5.41) is 23.4. The molecule has 0 radical (unpaired) electrons. The molecular weight excluding hydrogens is 863 g/mol. The molecule has 0 aromatic heterocycles. The fraction of sp³-hybridized carbons (Fsp3) is 0.906. The monoisotopic (exact) mass is 986 g/mol. The first-order valence-corrected chi connectivity index (χ1v) is 31.6. The number of hydrogen-bond donors (Lipinski definition) is 3. The van der Waals surface area contributed by atoms with E-state index in [1.807, 2.05) is 0 Å². The summed E-state index contributed by atoms with van der Waals surface area (Å²) in [4.78, 5) is 24.5. The summed E-state index contributed by atoms with van der Waals surface area (Å²) in [6, 6.07) is -0.549. The van der Waals surface area contributed by atoms with Gasteiger partial charge in [0.2, 0.25) is 5.91 Å². The Morgan fingerprint density at radius 2 is 0.671 bits per heavy atom. The molecule has 0 aromatic carbocycles. The average Bonchev–Trinajstić information content (AvgIpc) is 3.36. The first-order chi connectivity index (χ1) is 34.5. The second-order valence-corrected chi connectivity index (χ2v) is 21.7. The summed E-state index contributed by atoms with van der Waals surface area (Å²) in [5.41, 5.74) is 0. The minimum absolute atomic E-state index is 0.00247. The van der Waals surface area contributed by atoms with Crippen LogP contribution in [0.25, 0.3) is 0 Å². The molecule has 0 aromatic rings. The molecule has 0 rings (SSSR count). The van der Waals surface area contributed by atoms with Gasteiger partial charge in [0.1, 0.15) is 0 Å². The number of hydrogen-bond acceptors (Lipinski definition) is 5. The van der Waals surface area contributed by atoms with Crippen molar-refractivity contribution in [2.45, 2.75) is 360 Å². The number of aliphatic hydroxyl groups excluding tert-OH is 2. The van der Waals surface area contributed by atoms with Gasteiger partial charge in [-0.15, -0.1) is 0 Å². The molecule has 6 nitrogen and oxygen atoms in total. The molecule has 0 bridgehead atoms. The highest BCUT2D eigenvalue weighted by molar-refractivity contribution is 5.76. The molecule has 0 aliphatic heterocycles. The number of carbonyl (C=O) groups excluding carboxylic acids is 2. The Morgan fingerprint density at radius 3 is 1.03 bits per heavy atom. The number of amides is 1. The largest absolute Gasteiger partial charge is 0.466 e. The fourth-order valence-electron chi connectivity index (χ4n) is 9.87. The lowest BCUT2D eigenvalue weighted by molar-refractivity contribution is -0.143. The zero-order valence-corrected chi connectivity index (χ0v) is 47.3. The van der Waals surface area contributed by atoms with Crippen molar-refractivity contribution in [2.75, 3.05) is 13.2 Å². The third kappa shape index (κ3) is 55.7. The van der Waals surface area contributed by atoms with Crippen LogP contribution in [0.2, 0.25) is 0 Å². The number of ether oxygens (including phenoxy) is 1. The van der Waals surface area contributed by atoms with E-state index < -0.39 is 12.1 Å². The first-order valence-electron chi connectivity index (χ1n) is 31.6. The second-order valence-electron chi connectivity index (χ2n) is 21.7. The van der Waals surface area contributed by atoms with E-state index in [0.29, 0.717) is 25.9 Å². The molecular formula is C64H123NO5. The highest BCUT2D eigenvalue weighted by atomic mass is 16.5. The molecule has 0 saturated carbocycles. The lowest BCUT2D eigenvalue weighted by Crippen LogP contribution is -2.45. The minimum Gasteiger partial charge on any atom is -0.466 e. The van der Waals surface area contributed by atoms with Gasteiger partial charge in [-0.3, -0.25) is 9.59 Å². The molecule has 0 spiro atoms. The number of unbranched alkanes of at least 4 members (excludes halogenated alkanes) is 44. The van der Waals surface area contributed by atoms with Crippen LogP contribution in [0.4, 0.5) is 0 Å². The van der Waals surface area contributed by atoms with Gasteiger partial charge in [0.15, 0.2) is 0 Å². The Labute approximate surface area is 437 Å². The highest BCUT2D eigenvalue weighted by Crippen LogP contribution is 2.18. The van der Waals surface area contributed by atoms with Crippen molar-refractivity contribution in [1.29, 1.82) is 0 Å². The van der Waals surface area contributed by atoms with E-state index in [1.165, 1.54) is 270 Å². The van der Waals surface area contributed by atoms with Crippen LogP contribution in [-0.4, -0.2) is 47.4 Å². The number of rotatable bonds is 59. The van der Waals surface area contributed by atoms with Crippen LogP contribution in [0, 0.1) is 0 Å². The zero-order chi connectivity index (χ0) is 50.7. The summed E-state index contributed by atoms with van der Waals surface area (Å²) in [6.45, 7) is 4.95. The van der Waals surface area contributed by atoms with Gasteiger partial charge in [-0.05, 0) is 77.0 Å². The van der Waals surface area contributed by atoms with Gasteiger partial charge in [0, 0.05) is 12.8 Å². The number of aliphatic hydroxyl groups is 2. The van der Waals surface area contributed by atoms with Crippen LogP contribution < -0.4 is 5.32 Å². The van der Waals surface area contributed by atoms with Gasteiger partial charge in [-0.25, -0.2) is 0 Å². The number of nitrogens with one attached hydrogen (secondary N) is 1. The molecule has 2 atom stereocenters. The van der Waals surface area contributed by atoms with E-state index in [9.17, 15) is 19.8 Å². The maximum absolute atomic E-state index is 12.5. The molecule has 0 saturated heterocycles.